The van der Waals surface area contributed by atoms with E-state index in [0.29, 0.717) is 0 Å². The quantitative estimate of drug-likeness (QED) is 0.209. The first-order valence-electron chi connectivity index (χ1n) is 24.5. The number of thiol groups is 1. The van der Waals surface area contributed by atoms with Gasteiger partial charge in [0.25, 0.3) is 6.71 Å². The molecule has 1 saturated carbocycles. The van der Waals surface area contributed by atoms with Gasteiger partial charge in [-0.25, -0.2) is 0 Å². The van der Waals surface area contributed by atoms with E-state index in [9.17, 15) is 0 Å². The van der Waals surface area contributed by atoms with Gasteiger partial charge in [-0.05, 0) is 154 Å². The third-order valence-electron chi connectivity index (χ3n) is 16.2. The Morgan fingerprint density at radius 2 is 1.25 bits per heavy atom. The molecule has 0 bridgehead atoms. The predicted molar refractivity (Wildman–Crippen MR) is 280 cm³/mol. The van der Waals surface area contributed by atoms with Gasteiger partial charge in [-0.2, -0.15) is 12.6 Å². The van der Waals surface area contributed by atoms with Crippen molar-refractivity contribution in [3.05, 3.63) is 129 Å². The Hall–Kier alpha value is -3.83. The molecule has 3 heterocycles. The van der Waals surface area contributed by atoms with Crippen LogP contribution in [0.3, 0.4) is 0 Å². The van der Waals surface area contributed by atoms with E-state index in [4.69, 9.17) is 17.4 Å². The second-order valence-electron chi connectivity index (χ2n) is 25.6. The van der Waals surface area contributed by atoms with Crippen molar-refractivity contribution in [2.75, 3.05) is 9.80 Å². The van der Waals surface area contributed by atoms with Crippen molar-refractivity contribution in [3.63, 3.8) is 0 Å². The smallest absolute Gasteiger partial charge is 0.295 e. The van der Waals surface area contributed by atoms with Crippen LogP contribution in [-0.2, 0) is 20.3 Å². The van der Waals surface area contributed by atoms with Gasteiger partial charge in [-0.3, -0.25) is 0 Å². The Morgan fingerprint density at radius 3 is 1.81 bits per heavy atom. The fourth-order valence-electron chi connectivity index (χ4n) is 12.1. The zero-order chi connectivity index (χ0) is 46.6. The third-order valence-corrected chi connectivity index (χ3v) is 16.4. The van der Waals surface area contributed by atoms with Crippen LogP contribution in [0.25, 0.3) is 0 Å². The van der Waals surface area contributed by atoms with E-state index < -0.39 is 4.75 Å². The van der Waals surface area contributed by atoms with Crippen LogP contribution in [0.5, 0.6) is 0 Å². The van der Waals surface area contributed by atoms with Crippen molar-refractivity contribution in [1.82, 2.24) is 0 Å². The van der Waals surface area contributed by atoms with Gasteiger partial charge in [-0.1, -0.05) is 146 Å². The average molecular weight is 873 g/mol. The first-order valence-corrected chi connectivity index (χ1v) is 24.9. The second kappa shape index (κ2) is 14.6. The van der Waals surface area contributed by atoms with Crippen LogP contribution < -0.4 is 20.7 Å². The average Bonchev–Trinajstić information content (AvgIpc) is 3.18. The van der Waals surface area contributed by atoms with Gasteiger partial charge < -0.3 is 14.5 Å². The van der Waals surface area contributed by atoms with Gasteiger partial charge >= 0.3 is 0 Å². The summed E-state index contributed by atoms with van der Waals surface area (Å²) in [6, 6.07) is 22.0. The summed E-state index contributed by atoms with van der Waals surface area (Å²) in [7, 11) is 0. The lowest BCUT2D eigenvalue weighted by atomic mass is 9.34. The first kappa shape index (κ1) is 45.3. The van der Waals surface area contributed by atoms with Crippen LogP contribution >= 0.6 is 12.6 Å². The lowest BCUT2D eigenvalue weighted by Gasteiger charge is -2.54. The van der Waals surface area contributed by atoms with Crippen molar-refractivity contribution in [2.24, 2.45) is 34.0 Å². The molecule has 3 aromatic carbocycles. The Labute approximate surface area is 394 Å². The lowest BCUT2D eigenvalue weighted by Crippen LogP contribution is -2.61. The number of rotatable bonds is 3. The number of allylic oxidation sites excluding steroid dienone is 5. The molecule has 0 amide bonds. The number of anilines is 4. The largest absolute Gasteiger partial charge is 0.502 e. The number of ether oxygens (including phenoxy) is 1. The number of fused-ring (bicyclic) bond motifs is 6. The van der Waals surface area contributed by atoms with Gasteiger partial charge in [-0.15, -0.1) is 0 Å². The Kier molecular flexibility index (Phi) is 10.3. The maximum Gasteiger partial charge on any atom is 0.295 e. The molecule has 0 spiro atoms. The molecule has 3 nitrogen and oxygen atoms in total. The molecule has 3 aliphatic heterocycles. The molecular formula is C59H77BN2OS. The molecule has 64 heavy (non-hydrogen) atoms. The maximum absolute atomic E-state index is 7.70. The number of nitrogens with zero attached hydrogens (tertiary/aromatic N) is 2. The molecule has 5 heteroatoms. The minimum absolute atomic E-state index is 0.00238. The van der Waals surface area contributed by atoms with E-state index in [1.165, 1.54) is 91.2 Å². The first-order chi connectivity index (χ1) is 29.5. The van der Waals surface area contributed by atoms with Gasteiger partial charge in [0, 0.05) is 39.3 Å². The summed E-state index contributed by atoms with van der Waals surface area (Å²) in [5.41, 5.74) is 20.2. The van der Waals surface area contributed by atoms with E-state index in [2.05, 4.69) is 213 Å². The molecule has 3 aromatic rings. The van der Waals surface area contributed by atoms with E-state index in [1.807, 2.05) is 0 Å². The summed E-state index contributed by atoms with van der Waals surface area (Å²) in [4.78, 5) is 5.39. The highest BCUT2D eigenvalue weighted by Gasteiger charge is 2.55. The molecule has 1 fully saturated rings. The van der Waals surface area contributed by atoms with Crippen molar-refractivity contribution < 1.29 is 4.74 Å². The fraction of sp³-hybridized carbons (Fsp3) is 0.525. The molecule has 9 rings (SSSR count). The minimum atomic E-state index is -0.399. The molecule has 6 aliphatic rings. The standard InChI is InChI=1S/C59H77BN2OS/c1-34-27-39(56(10,11)12)28-35(2)51(34)62-47-24-21-38(55(7,8)9)29-46(47)60-50-48(30-40(31-49(50)62)59(17,18)64)61(41-22-19-37(20-23-41)54(4,5)6)52-43-33-45-44(32-42(43)36(3)63-53(52)60)57(13,14)25-26-58(45,15)16/h19-24,27-34,36,42-43,51,64H,25-26H2,1-18H3/t34?,36-,42?,43?,51?/m1/s1. The summed E-state index contributed by atoms with van der Waals surface area (Å²) in [6.07, 6.45) is 12.8. The Morgan fingerprint density at radius 1 is 0.672 bits per heavy atom. The Bertz CT molecular complexity index is 2590. The molecule has 0 aromatic heterocycles. The van der Waals surface area contributed by atoms with E-state index in [0.717, 1.165) is 5.66 Å². The van der Waals surface area contributed by atoms with Gasteiger partial charge in [0.2, 0.25) is 0 Å². The zero-order valence-corrected chi connectivity index (χ0v) is 43.5. The van der Waals surface area contributed by atoms with Crippen LogP contribution in [0.4, 0.5) is 22.7 Å². The van der Waals surface area contributed by atoms with Crippen molar-refractivity contribution >= 4 is 53.0 Å². The normalized spacial score (nSPS) is 26.0. The summed E-state index contributed by atoms with van der Waals surface area (Å²) in [5.74, 6) is 0.611. The van der Waals surface area contributed by atoms with Crippen LogP contribution in [0.15, 0.2) is 113 Å². The maximum atomic E-state index is 7.70. The minimum Gasteiger partial charge on any atom is -0.502 e. The topological polar surface area (TPSA) is 15.7 Å². The highest BCUT2D eigenvalue weighted by molar-refractivity contribution is 7.81. The van der Waals surface area contributed by atoms with E-state index in [1.54, 1.807) is 0 Å². The number of benzene rings is 3. The lowest BCUT2D eigenvalue weighted by molar-refractivity contribution is 0.0713. The summed E-state index contributed by atoms with van der Waals surface area (Å²) >= 11 is 5.39. The SMILES string of the molecule is CC1=CC(C(C)(C)C)=CC(C)C1N1c2ccc(C(C)(C)C)cc2B2C3=C(C4C=C5C(=CC4[C@@H](C)O3)C(C)(C)CCC5(C)C)N(c3ccc(C(C)(C)C)cc3)c3cc(C(C)(C)S)cc1c32. The Balaban J connectivity index is 1.40. The van der Waals surface area contributed by atoms with Crippen LogP contribution in [0, 0.1) is 34.0 Å². The van der Waals surface area contributed by atoms with E-state index >= 15 is 0 Å². The van der Waals surface area contributed by atoms with Crippen molar-refractivity contribution in [1.29, 1.82) is 0 Å². The fourth-order valence-corrected chi connectivity index (χ4v) is 12.2. The highest BCUT2D eigenvalue weighted by Crippen LogP contribution is 2.59. The third kappa shape index (κ3) is 7.23. The van der Waals surface area contributed by atoms with Gasteiger partial charge in [0.15, 0.2) is 0 Å². The van der Waals surface area contributed by atoms with Crippen LogP contribution in [-0.4, -0.2) is 18.9 Å². The molecule has 5 atom stereocenters. The molecule has 3 aliphatic carbocycles. The molecular weight excluding hydrogens is 796 g/mol. The molecule has 0 N–H and O–H groups in total. The van der Waals surface area contributed by atoms with Crippen LogP contribution in [0.1, 0.15) is 154 Å². The van der Waals surface area contributed by atoms with Crippen molar-refractivity contribution in [2.45, 2.75) is 165 Å². The monoisotopic (exact) mass is 873 g/mol. The second-order valence-corrected chi connectivity index (χ2v) is 26.7. The predicted octanol–water partition coefficient (Wildman–Crippen LogP) is 14.7. The summed E-state index contributed by atoms with van der Waals surface area (Å²) < 4.78 is 7.30. The molecule has 0 saturated heterocycles. The number of hydrogen-bond acceptors (Lipinski definition) is 4. The number of hydrogen-bond donors (Lipinski definition) is 1. The van der Waals surface area contributed by atoms with Gasteiger partial charge in [0.05, 0.1) is 17.4 Å². The van der Waals surface area contributed by atoms with Crippen molar-refractivity contribution in [3.8, 4) is 0 Å². The molecule has 0 radical (unpaired) electrons. The zero-order valence-electron chi connectivity index (χ0n) is 42.6. The van der Waals surface area contributed by atoms with E-state index in [-0.39, 0.29) is 63.7 Å². The summed E-state index contributed by atoms with van der Waals surface area (Å²) in [6.45, 7) is 42.5. The molecule has 4 unspecified atom stereocenters. The highest BCUT2D eigenvalue weighted by atomic mass is 32.1. The summed E-state index contributed by atoms with van der Waals surface area (Å²) in [5, 5.41) is 0. The van der Waals surface area contributed by atoms with Gasteiger partial charge in [0.1, 0.15) is 6.10 Å². The molecule has 338 valence electrons. The van der Waals surface area contributed by atoms with Crippen LogP contribution in [0.2, 0.25) is 0 Å².